The molecule has 0 fully saturated rings. The Morgan fingerprint density at radius 1 is 1.37 bits per heavy atom. The van der Waals surface area contributed by atoms with E-state index in [0.717, 1.165) is 6.20 Å². The maximum Gasteiger partial charge on any atom is 0.433 e. The summed E-state index contributed by atoms with van der Waals surface area (Å²) in [6.45, 7) is 0. The van der Waals surface area contributed by atoms with Crippen molar-refractivity contribution in [2.45, 2.75) is 18.6 Å². The summed E-state index contributed by atoms with van der Waals surface area (Å²) in [5, 5.41) is 19.2. The monoisotopic (exact) mass is 279 g/mol. The SMILES string of the molecule is O=C(O)CC(Nc1nccc(C(F)(F)F)n1)C(=O)O. The number of aromatic nitrogens is 2. The second-order valence-electron chi connectivity index (χ2n) is 3.40. The number of carboxylic acids is 2. The number of hydrogen-bond acceptors (Lipinski definition) is 5. The number of alkyl halides is 3. The largest absolute Gasteiger partial charge is 0.481 e. The Morgan fingerprint density at radius 3 is 2.47 bits per heavy atom. The van der Waals surface area contributed by atoms with Crippen LogP contribution in [0.4, 0.5) is 19.1 Å². The van der Waals surface area contributed by atoms with Crippen LogP contribution in [-0.4, -0.2) is 38.2 Å². The molecule has 1 atom stereocenters. The molecule has 0 amide bonds. The standard InChI is InChI=1S/C9H8F3N3O4/c10-9(11,12)5-1-2-13-8(15-5)14-4(7(18)19)3-6(16)17/h1-2,4H,3H2,(H,16,17)(H,18,19)(H,13,14,15). The molecule has 10 heteroatoms. The Kier molecular flexibility index (Phi) is 4.25. The van der Waals surface area contributed by atoms with Crippen LogP contribution in [0.5, 0.6) is 0 Å². The van der Waals surface area contributed by atoms with Gasteiger partial charge in [0.05, 0.1) is 6.42 Å². The number of halogens is 3. The molecule has 1 heterocycles. The van der Waals surface area contributed by atoms with Gasteiger partial charge in [0.15, 0.2) is 0 Å². The van der Waals surface area contributed by atoms with E-state index < -0.39 is 42.2 Å². The first-order valence-electron chi connectivity index (χ1n) is 4.81. The van der Waals surface area contributed by atoms with Crippen molar-refractivity contribution in [1.82, 2.24) is 9.97 Å². The normalized spacial score (nSPS) is 12.8. The molecule has 0 aliphatic heterocycles. The lowest BCUT2D eigenvalue weighted by atomic mass is 10.2. The lowest BCUT2D eigenvalue weighted by molar-refractivity contribution is -0.144. The zero-order valence-electron chi connectivity index (χ0n) is 9.18. The molecule has 1 rings (SSSR count). The van der Waals surface area contributed by atoms with E-state index in [-0.39, 0.29) is 0 Å². The maximum absolute atomic E-state index is 12.3. The van der Waals surface area contributed by atoms with E-state index in [2.05, 4.69) is 9.97 Å². The Hall–Kier alpha value is -2.39. The summed E-state index contributed by atoms with van der Waals surface area (Å²) in [7, 11) is 0. The predicted octanol–water partition coefficient (Wildman–Crippen LogP) is 0.835. The van der Waals surface area contributed by atoms with Gasteiger partial charge in [-0.2, -0.15) is 13.2 Å². The van der Waals surface area contributed by atoms with Crippen LogP contribution in [0.3, 0.4) is 0 Å². The molecular weight excluding hydrogens is 271 g/mol. The third-order valence-electron chi connectivity index (χ3n) is 1.93. The van der Waals surface area contributed by atoms with Crippen molar-refractivity contribution in [2.24, 2.45) is 0 Å². The zero-order chi connectivity index (χ0) is 14.6. The van der Waals surface area contributed by atoms with Gasteiger partial charge in [0.1, 0.15) is 11.7 Å². The molecule has 3 N–H and O–H groups in total. The number of nitrogens with zero attached hydrogens (tertiary/aromatic N) is 2. The molecule has 0 aromatic carbocycles. The van der Waals surface area contributed by atoms with Crippen molar-refractivity contribution < 1.29 is 33.0 Å². The molecule has 19 heavy (non-hydrogen) atoms. The third kappa shape index (κ3) is 4.41. The number of hydrogen-bond donors (Lipinski definition) is 3. The highest BCUT2D eigenvalue weighted by Gasteiger charge is 2.33. The van der Waals surface area contributed by atoms with E-state index in [1.807, 2.05) is 5.32 Å². The molecule has 104 valence electrons. The van der Waals surface area contributed by atoms with Crippen molar-refractivity contribution in [1.29, 1.82) is 0 Å². The summed E-state index contributed by atoms with van der Waals surface area (Å²) in [6, 6.07) is -1.01. The van der Waals surface area contributed by atoms with E-state index in [4.69, 9.17) is 10.2 Å². The van der Waals surface area contributed by atoms with Crippen LogP contribution in [-0.2, 0) is 15.8 Å². The van der Waals surface area contributed by atoms with Crippen LogP contribution >= 0.6 is 0 Å². The fourth-order valence-corrected chi connectivity index (χ4v) is 1.12. The first kappa shape index (κ1) is 14.7. The molecule has 0 spiro atoms. The van der Waals surface area contributed by atoms with Gasteiger partial charge in [0, 0.05) is 6.20 Å². The van der Waals surface area contributed by atoms with Gasteiger partial charge in [-0.05, 0) is 6.07 Å². The van der Waals surface area contributed by atoms with E-state index >= 15 is 0 Å². The first-order chi connectivity index (χ1) is 8.70. The van der Waals surface area contributed by atoms with Crippen LogP contribution in [0.15, 0.2) is 12.3 Å². The van der Waals surface area contributed by atoms with Crippen LogP contribution in [0.25, 0.3) is 0 Å². The molecule has 0 saturated carbocycles. The van der Waals surface area contributed by atoms with Crippen LogP contribution in [0, 0.1) is 0 Å². The molecule has 0 aliphatic carbocycles. The Balaban J connectivity index is 2.91. The minimum absolute atomic E-state index is 0.608. The molecule has 0 aliphatic rings. The molecule has 0 saturated heterocycles. The minimum atomic E-state index is -4.70. The Morgan fingerprint density at radius 2 is 2.00 bits per heavy atom. The maximum atomic E-state index is 12.3. The summed E-state index contributed by atoms with van der Waals surface area (Å²) in [6.07, 6.45) is -4.74. The van der Waals surface area contributed by atoms with Gasteiger partial charge in [-0.15, -0.1) is 0 Å². The summed E-state index contributed by atoms with van der Waals surface area (Å²) >= 11 is 0. The summed E-state index contributed by atoms with van der Waals surface area (Å²) in [5.74, 6) is -3.57. The van der Waals surface area contributed by atoms with Gasteiger partial charge in [0.2, 0.25) is 5.95 Å². The fraction of sp³-hybridized carbons (Fsp3) is 0.333. The van der Waals surface area contributed by atoms with Crippen LogP contribution in [0.1, 0.15) is 12.1 Å². The van der Waals surface area contributed by atoms with Gasteiger partial charge < -0.3 is 15.5 Å². The molecule has 1 unspecified atom stereocenters. The molecule has 0 bridgehead atoms. The van der Waals surface area contributed by atoms with Crippen molar-refractivity contribution in [3.05, 3.63) is 18.0 Å². The Labute approximate surface area is 104 Å². The smallest absolute Gasteiger partial charge is 0.433 e. The third-order valence-corrected chi connectivity index (χ3v) is 1.93. The minimum Gasteiger partial charge on any atom is -0.481 e. The number of anilines is 1. The lowest BCUT2D eigenvalue weighted by Gasteiger charge is -2.13. The van der Waals surface area contributed by atoms with Crippen molar-refractivity contribution in [3.8, 4) is 0 Å². The van der Waals surface area contributed by atoms with Gasteiger partial charge >= 0.3 is 18.1 Å². The molecule has 1 aromatic heterocycles. The quantitative estimate of drug-likeness (QED) is 0.731. The first-order valence-corrected chi connectivity index (χ1v) is 4.81. The number of aliphatic carboxylic acids is 2. The van der Waals surface area contributed by atoms with Crippen molar-refractivity contribution in [3.63, 3.8) is 0 Å². The fourth-order valence-electron chi connectivity index (χ4n) is 1.12. The van der Waals surface area contributed by atoms with Crippen LogP contribution in [0.2, 0.25) is 0 Å². The molecular formula is C9H8F3N3O4. The average Bonchev–Trinajstić information content (AvgIpc) is 2.26. The average molecular weight is 279 g/mol. The number of carbonyl (C=O) groups is 2. The second-order valence-corrected chi connectivity index (χ2v) is 3.40. The van der Waals surface area contributed by atoms with E-state index in [0.29, 0.717) is 6.07 Å². The highest BCUT2D eigenvalue weighted by atomic mass is 19.4. The molecule has 1 aromatic rings. The number of carboxylic acid groups (broad SMARTS) is 2. The number of nitrogens with one attached hydrogen (secondary N) is 1. The lowest BCUT2D eigenvalue weighted by Crippen LogP contribution is -2.32. The van der Waals surface area contributed by atoms with Gasteiger partial charge in [-0.3, -0.25) is 4.79 Å². The van der Waals surface area contributed by atoms with Crippen molar-refractivity contribution >= 4 is 17.9 Å². The van der Waals surface area contributed by atoms with Crippen molar-refractivity contribution in [2.75, 3.05) is 5.32 Å². The highest BCUT2D eigenvalue weighted by molar-refractivity contribution is 5.82. The predicted molar refractivity (Wildman–Crippen MR) is 54.3 cm³/mol. The number of rotatable bonds is 5. The van der Waals surface area contributed by atoms with E-state index in [1.54, 1.807) is 0 Å². The summed E-state index contributed by atoms with van der Waals surface area (Å²) in [5.41, 5.74) is -1.26. The molecule has 7 nitrogen and oxygen atoms in total. The van der Waals surface area contributed by atoms with Crippen LogP contribution < -0.4 is 5.32 Å². The van der Waals surface area contributed by atoms with E-state index in [9.17, 15) is 22.8 Å². The van der Waals surface area contributed by atoms with Gasteiger partial charge in [-0.25, -0.2) is 14.8 Å². The van der Waals surface area contributed by atoms with Gasteiger partial charge in [-0.1, -0.05) is 0 Å². The highest BCUT2D eigenvalue weighted by Crippen LogP contribution is 2.27. The summed E-state index contributed by atoms with van der Waals surface area (Å²) < 4.78 is 37.0. The van der Waals surface area contributed by atoms with Gasteiger partial charge in [0.25, 0.3) is 0 Å². The Bertz CT molecular complexity index is 492. The summed E-state index contributed by atoms with van der Waals surface area (Å²) in [4.78, 5) is 27.6. The molecule has 0 radical (unpaired) electrons. The zero-order valence-corrected chi connectivity index (χ0v) is 9.18. The topological polar surface area (TPSA) is 112 Å². The second kappa shape index (κ2) is 5.50. The van der Waals surface area contributed by atoms with E-state index in [1.165, 1.54) is 0 Å².